The maximum atomic E-state index is 11.8. The minimum Gasteiger partial charge on any atom is -0.477 e. The Hall–Kier alpha value is -1.53. The molecule has 1 aromatic carbocycles. The van der Waals surface area contributed by atoms with Gasteiger partial charge in [0.15, 0.2) is 0 Å². The zero-order valence-corrected chi connectivity index (χ0v) is 12.1. The third-order valence-electron chi connectivity index (χ3n) is 2.72. The van der Waals surface area contributed by atoms with Crippen LogP contribution in [0.1, 0.15) is 16.6 Å². The van der Waals surface area contributed by atoms with Gasteiger partial charge in [0.1, 0.15) is 4.88 Å². The van der Waals surface area contributed by atoms with Crippen molar-refractivity contribution in [2.24, 2.45) is 0 Å². The van der Waals surface area contributed by atoms with E-state index in [0.29, 0.717) is 10.6 Å². The molecule has 1 atom stereocenters. The largest absolute Gasteiger partial charge is 0.477 e. The summed E-state index contributed by atoms with van der Waals surface area (Å²) < 4.78 is 0.897. The number of anilines is 1. The van der Waals surface area contributed by atoms with E-state index in [1.807, 2.05) is 19.2 Å². The Bertz CT molecular complexity index is 636. The van der Waals surface area contributed by atoms with Crippen LogP contribution in [0.2, 0.25) is 0 Å². The van der Waals surface area contributed by atoms with Crippen LogP contribution in [0.3, 0.4) is 0 Å². The molecule has 1 amide bonds. The fourth-order valence-electron chi connectivity index (χ4n) is 1.58. The van der Waals surface area contributed by atoms with Gasteiger partial charge in [-0.05, 0) is 42.8 Å². The average Bonchev–Trinajstić information content (AvgIpc) is 2.81. The summed E-state index contributed by atoms with van der Waals surface area (Å²) in [6.45, 7) is 1.84. The Labute approximate surface area is 118 Å². The molecule has 0 aliphatic rings. The molecule has 19 heavy (non-hydrogen) atoms. The van der Waals surface area contributed by atoms with Crippen molar-refractivity contribution in [3.05, 3.63) is 29.1 Å². The van der Waals surface area contributed by atoms with Crippen LogP contribution in [0.15, 0.2) is 24.3 Å². The van der Waals surface area contributed by atoms with Gasteiger partial charge >= 0.3 is 5.97 Å². The van der Waals surface area contributed by atoms with E-state index in [0.717, 1.165) is 10.1 Å². The summed E-state index contributed by atoms with van der Waals surface area (Å²) in [5.74, 6) is -0.983. The lowest BCUT2D eigenvalue weighted by molar-refractivity contribution is -0.115. The summed E-state index contributed by atoms with van der Waals surface area (Å²) in [6.07, 6.45) is 1.88. The van der Waals surface area contributed by atoms with E-state index in [-0.39, 0.29) is 11.2 Å². The van der Waals surface area contributed by atoms with Crippen LogP contribution in [-0.4, -0.2) is 28.5 Å². The average molecular weight is 295 g/mol. The standard InChI is InChI=1S/C13H13NO3S2/c1-7(18-2)12(15)14-9-3-4-10-8(5-9)6-11(19-10)13(16)17/h3-7H,1-2H3,(H,14,15)(H,16,17)/t7-/m1/s1. The third-order valence-corrected chi connectivity index (χ3v) is 4.74. The van der Waals surface area contributed by atoms with E-state index in [1.165, 1.54) is 23.1 Å². The lowest BCUT2D eigenvalue weighted by atomic mass is 10.2. The van der Waals surface area contributed by atoms with Crippen molar-refractivity contribution < 1.29 is 14.7 Å². The Morgan fingerprint density at radius 1 is 1.37 bits per heavy atom. The molecule has 0 aliphatic carbocycles. The lowest BCUT2D eigenvalue weighted by Gasteiger charge is -2.09. The first-order valence-electron chi connectivity index (χ1n) is 5.62. The normalized spacial score (nSPS) is 12.3. The zero-order valence-electron chi connectivity index (χ0n) is 10.5. The monoisotopic (exact) mass is 295 g/mol. The van der Waals surface area contributed by atoms with Crippen molar-refractivity contribution in [3.8, 4) is 0 Å². The minimum absolute atomic E-state index is 0.0551. The van der Waals surface area contributed by atoms with Crippen LogP contribution in [0.25, 0.3) is 10.1 Å². The molecular weight excluding hydrogens is 282 g/mol. The first-order valence-corrected chi connectivity index (χ1v) is 7.72. The van der Waals surface area contributed by atoms with Crippen molar-refractivity contribution in [2.45, 2.75) is 12.2 Å². The van der Waals surface area contributed by atoms with Crippen molar-refractivity contribution in [2.75, 3.05) is 11.6 Å². The predicted octanol–water partition coefficient (Wildman–Crippen LogP) is 3.29. The first-order chi connectivity index (χ1) is 9.01. The van der Waals surface area contributed by atoms with Gasteiger partial charge in [0.25, 0.3) is 0 Å². The number of thiophene rings is 1. The molecule has 1 heterocycles. The zero-order chi connectivity index (χ0) is 14.0. The number of rotatable bonds is 4. The topological polar surface area (TPSA) is 66.4 Å². The van der Waals surface area contributed by atoms with Crippen LogP contribution in [0.5, 0.6) is 0 Å². The van der Waals surface area contributed by atoms with E-state index in [1.54, 1.807) is 18.2 Å². The van der Waals surface area contributed by atoms with E-state index in [2.05, 4.69) is 5.32 Å². The first kappa shape index (κ1) is 13.9. The molecule has 2 aromatic rings. The molecule has 0 aliphatic heterocycles. The number of thioether (sulfide) groups is 1. The highest BCUT2D eigenvalue weighted by Gasteiger charge is 2.12. The van der Waals surface area contributed by atoms with Crippen molar-refractivity contribution in [1.29, 1.82) is 0 Å². The molecule has 0 fully saturated rings. The van der Waals surface area contributed by atoms with E-state index in [4.69, 9.17) is 5.11 Å². The third kappa shape index (κ3) is 3.08. The molecule has 1 aromatic heterocycles. The molecule has 0 radical (unpaired) electrons. The maximum Gasteiger partial charge on any atom is 0.345 e. The predicted molar refractivity (Wildman–Crippen MR) is 80.4 cm³/mol. The van der Waals surface area contributed by atoms with Gasteiger partial charge in [-0.25, -0.2) is 4.79 Å². The number of carboxylic acids is 1. The molecule has 6 heteroatoms. The maximum absolute atomic E-state index is 11.8. The fraction of sp³-hybridized carbons (Fsp3) is 0.231. The van der Waals surface area contributed by atoms with Gasteiger partial charge in [-0.15, -0.1) is 11.3 Å². The number of carbonyl (C=O) groups is 2. The second kappa shape index (κ2) is 5.63. The summed E-state index contributed by atoms with van der Waals surface area (Å²) in [5.41, 5.74) is 0.688. The molecule has 0 saturated carbocycles. The summed E-state index contributed by atoms with van der Waals surface area (Å²) in [5, 5.41) is 12.5. The van der Waals surface area contributed by atoms with Gasteiger partial charge in [0.05, 0.1) is 5.25 Å². The van der Waals surface area contributed by atoms with Gasteiger partial charge < -0.3 is 10.4 Å². The van der Waals surface area contributed by atoms with Crippen LogP contribution in [0.4, 0.5) is 5.69 Å². The molecule has 4 nitrogen and oxygen atoms in total. The van der Waals surface area contributed by atoms with Gasteiger partial charge in [-0.3, -0.25) is 4.79 Å². The highest BCUT2D eigenvalue weighted by atomic mass is 32.2. The Morgan fingerprint density at radius 3 is 2.74 bits per heavy atom. The number of fused-ring (bicyclic) bond motifs is 1. The number of benzene rings is 1. The SMILES string of the molecule is CS[C@H](C)C(=O)Nc1ccc2sc(C(=O)O)cc2c1. The lowest BCUT2D eigenvalue weighted by Crippen LogP contribution is -2.21. The Morgan fingerprint density at radius 2 is 2.11 bits per heavy atom. The van der Waals surface area contributed by atoms with E-state index in [9.17, 15) is 9.59 Å². The highest BCUT2D eigenvalue weighted by Crippen LogP contribution is 2.28. The molecule has 100 valence electrons. The molecule has 0 bridgehead atoms. The van der Waals surface area contributed by atoms with Crippen molar-refractivity contribution >= 4 is 50.7 Å². The summed E-state index contributed by atoms with van der Waals surface area (Å²) in [7, 11) is 0. The molecule has 0 spiro atoms. The Balaban J connectivity index is 2.26. The van der Waals surface area contributed by atoms with Crippen LogP contribution in [0, 0.1) is 0 Å². The van der Waals surface area contributed by atoms with Crippen LogP contribution < -0.4 is 5.32 Å². The number of carboxylic acid groups (broad SMARTS) is 1. The molecular formula is C13H13NO3S2. The van der Waals surface area contributed by atoms with Crippen LogP contribution in [-0.2, 0) is 4.79 Å². The Kier molecular flexibility index (Phi) is 4.11. The number of hydrogen-bond donors (Lipinski definition) is 2. The van der Waals surface area contributed by atoms with Gasteiger partial charge in [-0.2, -0.15) is 11.8 Å². The van der Waals surface area contributed by atoms with Gasteiger partial charge in [0.2, 0.25) is 5.91 Å². The number of aromatic carboxylic acids is 1. The van der Waals surface area contributed by atoms with Gasteiger partial charge in [0, 0.05) is 10.4 Å². The molecule has 0 saturated heterocycles. The molecule has 0 unspecified atom stereocenters. The summed E-state index contributed by atoms with van der Waals surface area (Å²) in [6, 6.07) is 7.03. The van der Waals surface area contributed by atoms with Gasteiger partial charge in [-0.1, -0.05) is 0 Å². The quantitative estimate of drug-likeness (QED) is 0.908. The number of nitrogens with one attached hydrogen (secondary N) is 1. The smallest absolute Gasteiger partial charge is 0.345 e. The summed E-state index contributed by atoms with van der Waals surface area (Å²) >= 11 is 2.70. The van der Waals surface area contributed by atoms with Crippen molar-refractivity contribution in [1.82, 2.24) is 0 Å². The van der Waals surface area contributed by atoms with E-state index < -0.39 is 5.97 Å². The fourth-order valence-corrected chi connectivity index (χ4v) is 2.73. The number of carbonyl (C=O) groups excluding carboxylic acids is 1. The highest BCUT2D eigenvalue weighted by molar-refractivity contribution is 7.99. The molecule has 2 N–H and O–H groups in total. The van der Waals surface area contributed by atoms with Crippen LogP contribution >= 0.6 is 23.1 Å². The second-order valence-electron chi connectivity index (χ2n) is 4.04. The number of amides is 1. The summed E-state index contributed by atoms with van der Waals surface area (Å²) in [4.78, 5) is 23.0. The minimum atomic E-state index is -0.928. The molecule has 2 rings (SSSR count). The van der Waals surface area contributed by atoms with E-state index >= 15 is 0 Å². The number of hydrogen-bond acceptors (Lipinski definition) is 4. The second-order valence-corrected chi connectivity index (χ2v) is 6.30. The van der Waals surface area contributed by atoms with Crippen molar-refractivity contribution in [3.63, 3.8) is 0 Å².